The van der Waals surface area contributed by atoms with Crippen LogP contribution in [0.15, 0.2) is 0 Å². The van der Waals surface area contributed by atoms with E-state index in [1.807, 2.05) is 0 Å². The van der Waals surface area contributed by atoms with Crippen LogP contribution in [0.2, 0.25) is 0 Å². The quantitative estimate of drug-likeness (QED) is 0.507. The molecule has 0 fully saturated rings. The predicted octanol–water partition coefficient (Wildman–Crippen LogP) is 3.37. The number of hydrogen-bond donors (Lipinski definition) is 1. The van der Waals surface area contributed by atoms with Crippen LogP contribution < -0.4 is 0 Å². The monoisotopic (exact) mass is 212 g/mol. The lowest BCUT2D eigenvalue weighted by molar-refractivity contribution is 0.223. The third-order valence-electron chi connectivity index (χ3n) is 2.02. The van der Waals surface area contributed by atoms with Gasteiger partial charge in [0, 0.05) is 12.5 Å². The second-order valence-electron chi connectivity index (χ2n) is 3.13. The van der Waals surface area contributed by atoms with Gasteiger partial charge < -0.3 is 5.11 Å². The van der Waals surface area contributed by atoms with E-state index in [1.54, 1.807) is 0 Å². The fourth-order valence-electron chi connectivity index (χ4n) is 1.13. The van der Waals surface area contributed by atoms with Crippen LogP contribution in [0.3, 0.4) is 0 Å². The van der Waals surface area contributed by atoms with Crippen LogP contribution in [0, 0.1) is 5.92 Å². The van der Waals surface area contributed by atoms with Gasteiger partial charge in [0.1, 0.15) is 4.84 Å². The van der Waals surface area contributed by atoms with Crippen LogP contribution >= 0.6 is 23.2 Å². The summed E-state index contributed by atoms with van der Waals surface area (Å²) in [6.07, 6.45) is 5.76. The molecule has 0 heterocycles. The standard InChI is InChI=1S/C9H18Cl2O/c1-2-3-4-5-6-8(7-12)9(10)11/h8-9,12H,2-7H2,1H3. The molecule has 0 aromatic rings. The van der Waals surface area contributed by atoms with Crippen LogP contribution in [0.5, 0.6) is 0 Å². The van der Waals surface area contributed by atoms with E-state index in [1.165, 1.54) is 19.3 Å². The van der Waals surface area contributed by atoms with Crippen molar-refractivity contribution >= 4 is 23.2 Å². The van der Waals surface area contributed by atoms with Crippen molar-refractivity contribution in [2.45, 2.75) is 43.9 Å². The van der Waals surface area contributed by atoms with Crippen LogP contribution in [0.1, 0.15) is 39.0 Å². The first-order valence-corrected chi connectivity index (χ1v) is 5.48. The molecule has 0 aromatic heterocycles. The molecule has 0 aliphatic heterocycles. The summed E-state index contributed by atoms with van der Waals surface area (Å²) in [4.78, 5) is -0.420. The first kappa shape index (κ1) is 12.5. The zero-order valence-electron chi connectivity index (χ0n) is 7.60. The lowest BCUT2D eigenvalue weighted by Gasteiger charge is -2.13. The van der Waals surface area contributed by atoms with Gasteiger partial charge in [-0.1, -0.05) is 32.6 Å². The third kappa shape index (κ3) is 6.10. The van der Waals surface area contributed by atoms with Gasteiger partial charge in [0.15, 0.2) is 0 Å². The Kier molecular flexibility index (Phi) is 8.52. The molecule has 0 rings (SSSR count). The Hall–Kier alpha value is 0.540. The van der Waals surface area contributed by atoms with Gasteiger partial charge >= 0.3 is 0 Å². The normalized spacial score (nSPS) is 13.8. The minimum atomic E-state index is -0.420. The molecule has 0 aliphatic carbocycles. The fraction of sp³-hybridized carbons (Fsp3) is 1.00. The summed E-state index contributed by atoms with van der Waals surface area (Å²) in [5.74, 6) is 0.0604. The third-order valence-corrected chi connectivity index (χ3v) is 2.73. The number of alkyl halides is 2. The molecule has 12 heavy (non-hydrogen) atoms. The molecule has 0 saturated carbocycles. The number of rotatable bonds is 7. The fourth-order valence-corrected chi connectivity index (χ4v) is 1.54. The number of halogens is 2. The lowest BCUT2D eigenvalue weighted by Crippen LogP contribution is -2.13. The van der Waals surface area contributed by atoms with Gasteiger partial charge in [0.2, 0.25) is 0 Å². The van der Waals surface area contributed by atoms with Gasteiger partial charge in [0.25, 0.3) is 0 Å². The van der Waals surface area contributed by atoms with E-state index in [0.29, 0.717) is 0 Å². The number of aliphatic hydroxyl groups excluding tert-OH is 1. The van der Waals surface area contributed by atoms with Crippen molar-refractivity contribution in [2.24, 2.45) is 5.92 Å². The summed E-state index contributed by atoms with van der Waals surface area (Å²) in [6.45, 7) is 2.28. The van der Waals surface area contributed by atoms with Crippen molar-refractivity contribution in [2.75, 3.05) is 6.61 Å². The van der Waals surface area contributed by atoms with Crippen molar-refractivity contribution in [1.82, 2.24) is 0 Å². The van der Waals surface area contributed by atoms with Crippen molar-refractivity contribution in [1.29, 1.82) is 0 Å². The molecule has 0 aliphatic rings. The molecule has 74 valence electrons. The molecule has 0 saturated heterocycles. The molecule has 1 nitrogen and oxygen atoms in total. The molecule has 1 N–H and O–H groups in total. The Morgan fingerprint density at radius 1 is 1.17 bits per heavy atom. The molecule has 0 aromatic carbocycles. The Balaban J connectivity index is 3.32. The molecule has 1 unspecified atom stereocenters. The average Bonchev–Trinajstić information content (AvgIpc) is 2.04. The van der Waals surface area contributed by atoms with Crippen molar-refractivity contribution in [3.63, 3.8) is 0 Å². The molecule has 0 radical (unpaired) electrons. The highest BCUT2D eigenvalue weighted by molar-refractivity contribution is 6.44. The summed E-state index contributed by atoms with van der Waals surface area (Å²) in [5.41, 5.74) is 0. The maximum atomic E-state index is 8.88. The van der Waals surface area contributed by atoms with Crippen LogP contribution in [0.25, 0.3) is 0 Å². The molecule has 3 heteroatoms. The molecule has 0 amide bonds. The highest BCUT2D eigenvalue weighted by atomic mass is 35.5. The van der Waals surface area contributed by atoms with Crippen LogP contribution in [0.4, 0.5) is 0 Å². The average molecular weight is 213 g/mol. The van der Waals surface area contributed by atoms with Gasteiger partial charge in [-0.3, -0.25) is 0 Å². The second kappa shape index (κ2) is 8.15. The van der Waals surface area contributed by atoms with Crippen LogP contribution in [-0.4, -0.2) is 16.5 Å². The minimum absolute atomic E-state index is 0.0604. The van der Waals surface area contributed by atoms with E-state index in [-0.39, 0.29) is 12.5 Å². The molecule has 0 bridgehead atoms. The molecular weight excluding hydrogens is 195 g/mol. The largest absolute Gasteiger partial charge is 0.396 e. The Labute approximate surface area is 85.1 Å². The summed E-state index contributed by atoms with van der Waals surface area (Å²) in [6, 6.07) is 0. The predicted molar refractivity (Wildman–Crippen MR) is 54.8 cm³/mol. The van der Waals surface area contributed by atoms with Gasteiger partial charge in [-0.2, -0.15) is 0 Å². The first-order valence-electron chi connectivity index (χ1n) is 4.61. The number of unbranched alkanes of at least 4 members (excludes halogenated alkanes) is 3. The summed E-state index contributed by atoms with van der Waals surface area (Å²) >= 11 is 11.3. The summed E-state index contributed by atoms with van der Waals surface area (Å²) < 4.78 is 0. The zero-order valence-corrected chi connectivity index (χ0v) is 9.11. The van der Waals surface area contributed by atoms with Gasteiger partial charge in [-0.05, 0) is 6.42 Å². The highest BCUT2D eigenvalue weighted by Gasteiger charge is 2.14. The van der Waals surface area contributed by atoms with Gasteiger partial charge in [-0.25, -0.2) is 0 Å². The Morgan fingerprint density at radius 2 is 1.83 bits per heavy atom. The SMILES string of the molecule is CCCCCCC(CO)C(Cl)Cl. The smallest absolute Gasteiger partial charge is 0.112 e. The molecule has 1 atom stereocenters. The minimum Gasteiger partial charge on any atom is -0.396 e. The van der Waals surface area contributed by atoms with E-state index >= 15 is 0 Å². The van der Waals surface area contributed by atoms with Crippen LogP contribution in [-0.2, 0) is 0 Å². The van der Waals surface area contributed by atoms with Gasteiger partial charge in [-0.15, -0.1) is 23.2 Å². The van der Waals surface area contributed by atoms with E-state index < -0.39 is 4.84 Å². The Morgan fingerprint density at radius 3 is 2.25 bits per heavy atom. The van der Waals surface area contributed by atoms with E-state index in [4.69, 9.17) is 28.3 Å². The number of aliphatic hydroxyl groups is 1. The van der Waals surface area contributed by atoms with E-state index in [2.05, 4.69) is 6.92 Å². The van der Waals surface area contributed by atoms with Crippen molar-refractivity contribution < 1.29 is 5.11 Å². The Bertz CT molecular complexity index is 96.5. The lowest BCUT2D eigenvalue weighted by atomic mass is 10.0. The molecule has 0 spiro atoms. The van der Waals surface area contributed by atoms with Gasteiger partial charge in [0.05, 0.1) is 0 Å². The zero-order chi connectivity index (χ0) is 9.40. The number of hydrogen-bond acceptors (Lipinski definition) is 1. The molecular formula is C9H18Cl2O. The topological polar surface area (TPSA) is 20.2 Å². The summed E-state index contributed by atoms with van der Waals surface area (Å²) in [7, 11) is 0. The van der Waals surface area contributed by atoms with Crippen molar-refractivity contribution in [3.05, 3.63) is 0 Å². The second-order valence-corrected chi connectivity index (χ2v) is 4.29. The highest BCUT2D eigenvalue weighted by Crippen LogP contribution is 2.21. The maximum Gasteiger partial charge on any atom is 0.112 e. The van der Waals surface area contributed by atoms with E-state index in [0.717, 1.165) is 12.8 Å². The maximum absolute atomic E-state index is 8.88. The van der Waals surface area contributed by atoms with E-state index in [9.17, 15) is 0 Å². The summed E-state index contributed by atoms with van der Waals surface area (Å²) in [5, 5.41) is 8.88. The first-order chi connectivity index (χ1) is 5.72. The van der Waals surface area contributed by atoms with Crippen molar-refractivity contribution in [3.8, 4) is 0 Å².